The van der Waals surface area contributed by atoms with Crippen molar-refractivity contribution in [2.24, 2.45) is 0 Å². The van der Waals surface area contributed by atoms with Gasteiger partial charge in [0.25, 0.3) is 0 Å². The predicted octanol–water partition coefficient (Wildman–Crippen LogP) is 3.18. The maximum Gasteiger partial charge on any atom is 0.420 e. The van der Waals surface area contributed by atoms with Gasteiger partial charge in [-0.05, 0) is 30.2 Å². The smallest absolute Gasteiger partial charge is 0.313 e. The molecule has 2 aromatic heterocycles. The summed E-state index contributed by atoms with van der Waals surface area (Å²) < 4.78 is 40.6. The Balaban J connectivity index is 2.24. The zero-order valence-corrected chi connectivity index (χ0v) is 11.0. The molecule has 1 radical (unpaired) electrons. The lowest BCUT2D eigenvalue weighted by Crippen LogP contribution is -2.20. The molecule has 1 aliphatic rings. The standard InChI is InChI=1S/C13H10ClF3N3/c14-11-6-19-12-10(13(15,16)17)5-9(7-20(11)12)8-1-3-18-4-2-8/h1,5,7,18H,2-4H2. The molecular formula is C13H10ClF3N3. The van der Waals surface area contributed by atoms with Crippen LogP contribution in [0.25, 0.3) is 11.2 Å². The predicted molar refractivity (Wildman–Crippen MR) is 69.5 cm³/mol. The van der Waals surface area contributed by atoms with Crippen molar-refractivity contribution < 1.29 is 13.2 Å². The van der Waals surface area contributed by atoms with E-state index in [2.05, 4.69) is 16.5 Å². The minimum absolute atomic E-state index is 0.0434. The van der Waals surface area contributed by atoms with E-state index in [1.807, 2.05) is 6.08 Å². The van der Waals surface area contributed by atoms with Crippen molar-refractivity contribution in [2.75, 3.05) is 13.1 Å². The number of nitrogens with zero attached hydrogens (tertiary/aromatic N) is 2. The van der Waals surface area contributed by atoms with Gasteiger partial charge in [-0.3, -0.25) is 4.40 Å². The normalized spacial score (nSPS) is 16.5. The summed E-state index contributed by atoms with van der Waals surface area (Å²) in [7, 11) is 0. The van der Waals surface area contributed by atoms with Crippen molar-refractivity contribution in [2.45, 2.75) is 12.6 Å². The lowest BCUT2D eigenvalue weighted by molar-refractivity contribution is -0.136. The molecule has 20 heavy (non-hydrogen) atoms. The second-order valence-electron chi connectivity index (χ2n) is 4.53. The minimum Gasteiger partial charge on any atom is -0.313 e. The molecule has 0 unspecified atom stereocenters. The topological polar surface area (TPSA) is 29.3 Å². The number of nitrogens with one attached hydrogen (secondary N) is 1. The number of hydrogen-bond donors (Lipinski definition) is 1. The number of pyridine rings is 1. The number of fused-ring (bicyclic) bond motifs is 1. The molecule has 0 saturated carbocycles. The Morgan fingerprint density at radius 2 is 2.20 bits per heavy atom. The Bertz CT molecular complexity index is 688. The van der Waals surface area contributed by atoms with Crippen LogP contribution in [-0.4, -0.2) is 22.5 Å². The van der Waals surface area contributed by atoms with Crippen molar-refractivity contribution in [3.05, 3.63) is 40.8 Å². The third-order valence-corrected chi connectivity index (χ3v) is 3.51. The highest BCUT2D eigenvalue weighted by Crippen LogP contribution is 2.35. The molecule has 3 heterocycles. The van der Waals surface area contributed by atoms with Crippen LogP contribution in [-0.2, 0) is 6.18 Å². The number of imidazole rings is 1. The Kier molecular flexibility index (Phi) is 3.22. The van der Waals surface area contributed by atoms with Crippen molar-refractivity contribution in [1.82, 2.24) is 14.7 Å². The van der Waals surface area contributed by atoms with Crippen LogP contribution in [0, 0.1) is 6.20 Å². The summed E-state index contributed by atoms with van der Waals surface area (Å²) in [5.41, 5.74) is 0.374. The van der Waals surface area contributed by atoms with Gasteiger partial charge >= 0.3 is 6.18 Å². The van der Waals surface area contributed by atoms with Crippen LogP contribution in [0.15, 0.2) is 18.3 Å². The van der Waals surface area contributed by atoms with E-state index >= 15 is 0 Å². The summed E-state index contributed by atoms with van der Waals surface area (Å²) in [6.07, 6.45) is 2.03. The van der Waals surface area contributed by atoms with Crippen molar-refractivity contribution in [3.8, 4) is 0 Å². The first-order valence-electron chi connectivity index (χ1n) is 6.03. The summed E-state index contributed by atoms with van der Waals surface area (Å²) in [6.45, 7) is 1.40. The van der Waals surface area contributed by atoms with Gasteiger partial charge < -0.3 is 5.32 Å². The molecule has 0 amide bonds. The van der Waals surface area contributed by atoms with E-state index in [0.717, 1.165) is 18.2 Å². The molecule has 105 valence electrons. The number of rotatable bonds is 1. The Morgan fingerprint density at radius 3 is 2.85 bits per heavy atom. The average molecular weight is 301 g/mol. The molecule has 1 aliphatic heterocycles. The van der Waals surface area contributed by atoms with Crippen LogP contribution in [0.1, 0.15) is 17.5 Å². The summed E-state index contributed by atoms with van der Waals surface area (Å²) in [5, 5.41) is 3.17. The number of alkyl halides is 3. The van der Waals surface area contributed by atoms with E-state index in [4.69, 9.17) is 11.6 Å². The molecule has 0 spiro atoms. The first-order valence-corrected chi connectivity index (χ1v) is 6.41. The van der Waals surface area contributed by atoms with Gasteiger partial charge in [-0.1, -0.05) is 17.7 Å². The number of halogens is 4. The van der Waals surface area contributed by atoms with E-state index in [9.17, 15) is 13.2 Å². The molecule has 0 atom stereocenters. The molecule has 0 bridgehead atoms. The molecule has 0 saturated heterocycles. The summed E-state index contributed by atoms with van der Waals surface area (Å²) >= 11 is 5.85. The van der Waals surface area contributed by atoms with E-state index in [1.165, 1.54) is 4.40 Å². The minimum atomic E-state index is -4.48. The van der Waals surface area contributed by atoms with E-state index in [-0.39, 0.29) is 10.8 Å². The van der Waals surface area contributed by atoms with E-state index in [1.54, 1.807) is 6.20 Å². The fraction of sp³-hybridized carbons (Fsp3) is 0.308. The number of aromatic nitrogens is 2. The van der Waals surface area contributed by atoms with Gasteiger partial charge in [0, 0.05) is 12.7 Å². The lowest BCUT2D eigenvalue weighted by Gasteiger charge is -2.17. The molecule has 7 heteroatoms. The highest BCUT2D eigenvalue weighted by Gasteiger charge is 2.35. The van der Waals surface area contributed by atoms with Gasteiger partial charge in [0.15, 0.2) is 5.65 Å². The van der Waals surface area contributed by atoms with Crippen LogP contribution in [0.5, 0.6) is 0 Å². The quantitative estimate of drug-likeness (QED) is 0.876. The van der Waals surface area contributed by atoms with Gasteiger partial charge in [-0.15, -0.1) is 0 Å². The molecule has 1 N–H and O–H groups in total. The fourth-order valence-corrected chi connectivity index (χ4v) is 2.44. The van der Waals surface area contributed by atoms with E-state index in [0.29, 0.717) is 18.5 Å². The monoisotopic (exact) mass is 300 g/mol. The molecule has 0 aliphatic carbocycles. The lowest BCUT2D eigenvalue weighted by atomic mass is 10.0. The molecule has 2 aromatic rings. The van der Waals surface area contributed by atoms with Crippen molar-refractivity contribution in [1.29, 1.82) is 0 Å². The SMILES string of the molecule is FC(F)(F)c1cc(C2=CCNCC2)cn2c(Cl)[c]nc12. The van der Waals surface area contributed by atoms with Crippen molar-refractivity contribution in [3.63, 3.8) is 0 Å². The first-order chi connectivity index (χ1) is 9.47. The van der Waals surface area contributed by atoms with Crippen molar-refractivity contribution >= 4 is 22.8 Å². The summed E-state index contributed by atoms with van der Waals surface area (Å²) in [4.78, 5) is 3.63. The molecule has 3 rings (SSSR count). The molecule has 3 nitrogen and oxygen atoms in total. The van der Waals surface area contributed by atoms with Crippen LogP contribution in [0.2, 0.25) is 5.15 Å². The number of hydrogen-bond acceptors (Lipinski definition) is 2. The van der Waals surface area contributed by atoms with Gasteiger partial charge in [-0.25, -0.2) is 4.98 Å². The third kappa shape index (κ3) is 2.29. The zero-order valence-electron chi connectivity index (χ0n) is 10.3. The van der Waals surface area contributed by atoms with Gasteiger partial charge in [0.05, 0.1) is 5.56 Å². The van der Waals surface area contributed by atoms with Crippen LogP contribution in [0.4, 0.5) is 13.2 Å². The van der Waals surface area contributed by atoms with Gasteiger partial charge in [0.1, 0.15) is 11.3 Å². The van der Waals surface area contributed by atoms with Crippen LogP contribution in [0.3, 0.4) is 0 Å². The largest absolute Gasteiger partial charge is 0.420 e. The highest BCUT2D eigenvalue weighted by molar-refractivity contribution is 6.29. The van der Waals surface area contributed by atoms with Gasteiger partial charge in [-0.2, -0.15) is 13.2 Å². The Labute approximate surface area is 118 Å². The third-order valence-electron chi connectivity index (χ3n) is 3.24. The fourth-order valence-electron chi connectivity index (χ4n) is 2.27. The molecule has 0 fully saturated rings. The Hall–Kier alpha value is -1.53. The maximum absolute atomic E-state index is 13.1. The maximum atomic E-state index is 13.1. The summed E-state index contributed by atoms with van der Waals surface area (Å²) in [5.74, 6) is 0. The van der Waals surface area contributed by atoms with Crippen LogP contribution >= 0.6 is 11.6 Å². The highest BCUT2D eigenvalue weighted by atomic mass is 35.5. The average Bonchev–Trinajstić information content (AvgIpc) is 2.79. The molecule has 0 aromatic carbocycles. The van der Waals surface area contributed by atoms with Gasteiger partial charge in [0.2, 0.25) is 0 Å². The Morgan fingerprint density at radius 1 is 1.40 bits per heavy atom. The second-order valence-corrected chi connectivity index (χ2v) is 4.89. The first kappa shape index (κ1) is 13.5. The summed E-state index contributed by atoms with van der Waals surface area (Å²) in [6, 6.07) is 1.13. The molecular weight excluding hydrogens is 291 g/mol. The zero-order chi connectivity index (χ0) is 14.3. The second kappa shape index (κ2) is 4.79. The van der Waals surface area contributed by atoms with E-state index < -0.39 is 11.7 Å². The van der Waals surface area contributed by atoms with Crippen LogP contribution < -0.4 is 5.32 Å².